The van der Waals surface area contributed by atoms with Crippen molar-refractivity contribution in [2.75, 3.05) is 19.3 Å². The minimum Gasteiger partial charge on any atom is -0.289 e. The van der Waals surface area contributed by atoms with E-state index in [0.29, 0.717) is 25.0 Å². The third-order valence-corrected chi connectivity index (χ3v) is 7.05. The molecule has 1 fully saturated rings. The minimum absolute atomic E-state index is 0.0258. The van der Waals surface area contributed by atoms with Gasteiger partial charge in [-0.1, -0.05) is 35.6 Å². The lowest BCUT2D eigenvalue weighted by molar-refractivity contribution is -0.141. The van der Waals surface area contributed by atoms with E-state index >= 15 is 0 Å². The molecule has 1 aromatic heterocycles. The average Bonchev–Trinajstić information content (AvgIpc) is 3.32. The van der Waals surface area contributed by atoms with Crippen molar-refractivity contribution in [3.8, 4) is 0 Å². The maximum absolute atomic E-state index is 13.1. The number of sulfone groups is 1. The predicted molar refractivity (Wildman–Crippen MR) is 113 cm³/mol. The van der Waals surface area contributed by atoms with Crippen LogP contribution in [-0.4, -0.2) is 54.2 Å². The van der Waals surface area contributed by atoms with E-state index in [1.165, 1.54) is 26.7 Å². The molecule has 0 aliphatic carbocycles. The first-order valence-electron chi connectivity index (χ1n) is 9.27. The van der Waals surface area contributed by atoms with Crippen LogP contribution in [0, 0.1) is 0 Å². The Hall–Kier alpha value is -2.98. The lowest BCUT2D eigenvalue weighted by Gasteiger charge is -2.28. The molecule has 2 heterocycles. The van der Waals surface area contributed by atoms with Crippen LogP contribution in [0.25, 0.3) is 10.2 Å². The average molecular weight is 446 g/mol. The lowest BCUT2D eigenvalue weighted by Crippen LogP contribution is -2.46. The zero-order valence-corrected chi connectivity index (χ0v) is 17.8. The number of hydrogen-bond acceptors (Lipinski definition) is 6. The van der Waals surface area contributed by atoms with E-state index in [1.807, 2.05) is 12.1 Å². The van der Waals surface area contributed by atoms with Gasteiger partial charge in [-0.05, 0) is 30.7 Å². The van der Waals surface area contributed by atoms with E-state index in [2.05, 4.69) is 0 Å². The summed E-state index contributed by atoms with van der Waals surface area (Å²) in [4.78, 5) is 38.1. The van der Waals surface area contributed by atoms with Crippen molar-refractivity contribution < 1.29 is 18.0 Å². The summed E-state index contributed by atoms with van der Waals surface area (Å²) >= 11 is 1.06. The predicted octanol–water partition coefficient (Wildman–Crippen LogP) is 1.76. The minimum atomic E-state index is -3.61. The summed E-state index contributed by atoms with van der Waals surface area (Å²) in [5, 5.41) is 2.58. The Bertz CT molecular complexity index is 1310. The number of carbonyl (C=O) groups is 2. The Kier molecular flexibility index (Phi) is 5.20. The smallest absolute Gasteiger partial charge is 0.289 e. The van der Waals surface area contributed by atoms with Crippen LogP contribution in [-0.2, 0) is 21.2 Å². The van der Waals surface area contributed by atoms with Crippen LogP contribution in [0.4, 0.5) is 0 Å². The number of fused-ring (bicyclic) bond motifs is 1. The molecule has 30 heavy (non-hydrogen) atoms. The largest absolute Gasteiger partial charge is 0.308 e. The Balaban J connectivity index is 1.63. The highest BCUT2D eigenvalue weighted by atomic mass is 32.2. The maximum Gasteiger partial charge on any atom is 0.308 e. The molecule has 2 aromatic carbocycles. The maximum atomic E-state index is 13.1. The van der Waals surface area contributed by atoms with Gasteiger partial charge in [0, 0.05) is 19.3 Å². The number of hydrogen-bond donors (Lipinski definition) is 0. The van der Waals surface area contributed by atoms with E-state index < -0.39 is 21.7 Å². The number of para-hydroxylation sites is 1. The molecule has 156 valence electrons. The monoisotopic (exact) mass is 445 g/mol. The third-order valence-electron chi connectivity index (χ3n) is 4.94. The van der Waals surface area contributed by atoms with E-state index in [0.717, 1.165) is 22.3 Å². The fourth-order valence-corrected chi connectivity index (χ4v) is 5.34. The van der Waals surface area contributed by atoms with Crippen LogP contribution >= 0.6 is 11.3 Å². The number of hydrazine groups is 1. The van der Waals surface area contributed by atoms with Crippen molar-refractivity contribution in [3.05, 3.63) is 63.8 Å². The second kappa shape index (κ2) is 7.69. The number of rotatable bonds is 4. The van der Waals surface area contributed by atoms with Gasteiger partial charge >= 0.3 is 4.87 Å². The molecule has 8 nitrogen and oxygen atoms in total. The van der Waals surface area contributed by atoms with Crippen molar-refractivity contribution in [2.45, 2.75) is 17.9 Å². The molecule has 0 unspecified atom stereocenters. The SMILES string of the molecule is CS(=O)(=O)c1ccccc1C(=O)N1CCCN1C(=O)Cn1c(=O)sc2ccccc21. The van der Waals surface area contributed by atoms with E-state index in [9.17, 15) is 22.8 Å². The number of amides is 2. The van der Waals surface area contributed by atoms with Crippen molar-refractivity contribution in [1.29, 1.82) is 0 Å². The molecule has 2 amide bonds. The molecule has 1 saturated heterocycles. The lowest BCUT2D eigenvalue weighted by atomic mass is 10.2. The normalized spacial score (nSPS) is 14.4. The van der Waals surface area contributed by atoms with Crippen LogP contribution in [0.1, 0.15) is 16.8 Å². The molecule has 0 bridgehead atoms. The Morgan fingerprint density at radius 2 is 1.67 bits per heavy atom. The molecule has 0 atom stereocenters. The molecular formula is C20H19N3O5S2. The highest BCUT2D eigenvalue weighted by Gasteiger charge is 2.33. The first-order chi connectivity index (χ1) is 14.3. The standard InChI is InChI=1S/C20H19N3O5S2/c1-30(27,28)17-10-5-2-7-14(17)19(25)23-12-6-11-22(23)18(24)13-21-15-8-3-4-9-16(15)29-20(21)26/h2-5,7-10H,6,11-13H2,1H3. The zero-order chi connectivity index (χ0) is 21.5. The Morgan fingerprint density at radius 1 is 1.00 bits per heavy atom. The molecular weight excluding hydrogens is 426 g/mol. The second-order valence-corrected chi connectivity index (χ2v) is 9.97. The van der Waals surface area contributed by atoms with Gasteiger partial charge in [0.15, 0.2) is 9.84 Å². The molecule has 0 N–H and O–H groups in total. The van der Waals surface area contributed by atoms with E-state index in [4.69, 9.17) is 0 Å². The van der Waals surface area contributed by atoms with Crippen LogP contribution in [0.5, 0.6) is 0 Å². The van der Waals surface area contributed by atoms with Crippen molar-refractivity contribution in [3.63, 3.8) is 0 Å². The topological polar surface area (TPSA) is 96.8 Å². The Labute approximate surface area is 176 Å². The van der Waals surface area contributed by atoms with E-state index in [-0.39, 0.29) is 21.9 Å². The number of carbonyl (C=O) groups excluding carboxylic acids is 2. The van der Waals surface area contributed by atoms with Gasteiger partial charge in [-0.15, -0.1) is 0 Å². The fourth-order valence-electron chi connectivity index (χ4n) is 3.57. The molecule has 10 heteroatoms. The molecule has 4 rings (SSSR count). The van der Waals surface area contributed by atoms with Gasteiger partial charge in [0.2, 0.25) is 0 Å². The first-order valence-corrected chi connectivity index (χ1v) is 12.0. The highest BCUT2D eigenvalue weighted by molar-refractivity contribution is 7.90. The number of nitrogens with zero attached hydrogens (tertiary/aromatic N) is 3. The highest BCUT2D eigenvalue weighted by Crippen LogP contribution is 2.22. The van der Waals surface area contributed by atoms with Crippen molar-refractivity contribution in [1.82, 2.24) is 14.6 Å². The van der Waals surface area contributed by atoms with Gasteiger partial charge in [0.05, 0.1) is 20.7 Å². The molecule has 1 aliphatic heterocycles. The summed E-state index contributed by atoms with van der Waals surface area (Å²) in [5.41, 5.74) is 0.693. The quantitative estimate of drug-likeness (QED) is 0.610. The molecule has 3 aromatic rings. The van der Waals surface area contributed by atoms with Crippen LogP contribution in [0.15, 0.2) is 58.2 Å². The van der Waals surface area contributed by atoms with Gasteiger partial charge in [0.1, 0.15) is 6.54 Å². The van der Waals surface area contributed by atoms with Gasteiger partial charge in [0.25, 0.3) is 11.8 Å². The summed E-state index contributed by atoms with van der Waals surface area (Å²) in [6.45, 7) is 0.421. The summed E-state index contributed by atoms with van der Waals surface area (Å²) in [6, 6.07) is 13.2. The van der Waals surface area contributed by atoms with Gasteiger partial charge in [-0.2, -0.15) is 0 Å². The number of thiazole rings is 1. The van der Waals surface area contributed by atoms with Crippen LogP contribution < -0.4 is 4.87 Å². The van der Waals surface area contributed by atoms with Gasteiger partial charge in [-0.25, -0.2) is 18.4 Å². The summed E-state index contributed by atoms with van der Waals surface area (Å²) in [5.74, 6) is -0.951. The summed E-state index contributed by atoms with van der Waals surface area (Å²) in [7, 11) is -3.61. The second-order valence-electron chi connectivity index (χ2n) is 6.99. The third kappa shape index (κ3) is 3.63. The fraction of sp³-hybridized carbons (Fsp3) is 0.250. The molecule has 0 radical (unpaired) electrons. The van der Waals surface area contributed by atoms with E-state index in [1.54, 1.807) is 24.3 Å². The number of benzene rings is 2. The van der Waals surface area contributed by atoms with Crippen molar-refractivity contribution in [2.24, 2.45) is 0 Å². The molecule has 0 saturated carbocycles. The Morgan fingerprint density at radius 3 is 2.43 bits per heavy atom. The van der Waals surface area contributed by atoms with Gasteiger partial charge in [-0.3, -0.25) is 19.0 Å². The summed E-state index contributed by atoms with van der Waals surface area (Å²) in [6.07, 6.45) is 1.61. The first kappa shape index (κ1) is 20.3. The van der Waals surface area contributed by atoms with Crippen LogP contribution in [0.2, 0.25) is 0 Å². The summed E-state index contributed by atoms with van der Waals surface area (Å²) < 4.78 is 26.3. The van der Waals surface area contributed by atoms with Crippen molar-refractivity contribution >= 4 is 43.2 Å². The van der Waals surface area contributed by atoms with Crippen LogP contribution in [0.3, 0.4) is 0 Å². The zero-order valence-electron chi connectivity index (χ0n) is 16.1. The molecule has 0 spiro atoms. The molecule has 1 aliphatic rings. The van der Waals surface area contributed by atoms with Gasteiger partial charge < -0.3 is 0 Å². The number of aromatic nitrogens is 1.